The van der Waals surface area contributed by atoms with E-state index in [1.54, 1.807) is 0 Å². The molecule has 0 spiro atoms. The normalized spacial score (nSPS) is 33.9. The molecule has 1 saturated carbocycles. The van der Waals surface area contributed by atoms with Crippen LogP contribution in [-0.2, 0) is 19.1 Å². The molecule has 3 aliphatic rings. The van der Waals surface area contributed by atoms with Crippen molar-refractivity contribution < 1.29 is 19.1 Å². The van der Waals surface area contributed by atoms with Crippen LogP contribution in [0.25, 0.3) is 0 Å². The van der Waals surface area contributed by atoms with E-state index < -0.39 is 0 Å². The van der Waals surface area contributed by atoms with E-state index in [1.165, 1.54) is 4.90 Å². The maximum atomic E-state index is 12.4. The second-order valence-corrected chi connectivity index (χ2v) is 8.12. The molecular formula is C19H31N3O4. The Kier molecular flexibility index (Phi) is 5.97. The minimum atomic E-state index is -0.258. The van der Waals surface area contributed by atoms with Gasteiger partial charge in [0.05, 0.1) is 24.0 Å². The number of nitrogens with zero attached hydrogens (tertiary/aromatic N) is 2. The highest BCUT2D eigenvalue weighted by Gasteiger charge is 2.48. The predicted molar refractivity (Wildman–Crippen MR) is 96.2 cm³/mol. The number of nitrogens with one attached hydrogen (secondary N) is 1. The molecule has 0 unspecified atom stereocenters. The summed E-state index contributed by atoms with van der Waals surface area (Å²) in [5.74, 6) is -0.956. The highest BCUT2D eigenvalue weighted by molar-refractivity contribution is 6.07. The Hall–Kier alpha value is -1.47. The van der Waals surface area contributed by atoms with E-state index in [2.05, 4.69) is 31.0 Å². The van der Waals surface area contributed by atoms with Crippen molar-refractivity contribution in [2.45, 2.75) is 64.7 Å². The van der Waals surface area contributed by atoms with Crippen molar-refractivity contribution in [2.24, 2.45) is 11.8 Å². The first-order chi connectivity index (χ1) is 12.4. The summed E-state index contributed by atoms with van der Waals surface area (Å²) in [5, 5.41) is 2.89. The highest BCUT2D eigenvalue weighted by atomic mass is 16.5. The van der Waals surface area contributed by atoms with Gasteiger partial charge >= 0.3 is 0 Å². The topological polar surface area (TPSA) is 79.0 Å². The lowest BCUT2D eigenvalue weighted by atomic mass is 9.81. The van der Waals surface area contributed by atoms with Crippen molar-refractivity contribution in [3.05, 3.63) is 0 Å². The van der Waals surface area contributed by atoms with Gasteiger partial charge in [-0.2, -0.15) is 0 Å². The average Bonchev–Trinajstić information content (AvgIpc) is 2.84. The predicted octanol–water partition coefficient (Wildman–Crippen LogP) is 0.776. The maximum absolute atomic E-state index is 12.4. The molecule has 0 aromatic heterocycles. The van der Waals surface area contributed by atoms with Crippen LogP contribution >= 0.6 is 0 Å². The van der Waals surface area contributed by atoms with E-state index in [-0.39, 0.29) is 54.4 Å². The molecule has 3 fully saturated rings. The lowest BCUT2D eigenvalue weighted by molar-refractivity contribution is -0.143. The van der Waals surface area contributed by atoms with E-state index in [0.717, 1.165) is 38.8 Å². The standard InChI is InChI=1S/C19H31N3O4/c1-12(21-9-13(2)26-14(3)10-21)8-20-17(23)11-22-18(24)15-6-4-5-7-16(15)19(22)25/h12-16H,4-11H2,1-3H3,(H,20,23)/t12-,13-,14-,15-,16+/m1/s1. The van der Waals surface area contributed by atoms with Gasteiger partial charge in [0.1, 0.15) is 6.54 Å². The van der Waals surface area contributed by atoms with Gasteiger partial charge in [0.2, 0.25) is 17.7 Å². The van der Waals surface area contributed by atoms with E-state index in [4.69, 9.17) is 4.74 Å². The molecule has 146 valence electrons. The fourth-order valence-corrected chi connectivity index (χ4v) is 4.55. The van der Waals surface area contributed by atoms with E-state index in [0.29, 0.717) is 6.54 Å². The number of carbonyl (C=O) groups is 3. The molecule has 26 heavy (non-hydrogen) atoms. The van der Waals surface area contributed by atoms with Gasteiger partial charge in [-0.25, -0.2) is 0 Å². The zero-order valence-corrected chi connectivity index (χ0v) is 16.1. The maximum Gasteiger partial charge on any atom is 0.240 e. The first-order valence-corrected chi connectivity index (χ1v) is 9.88. The number of hydrogen-bond donors (Lipinski definition) is 1. The quantitative estimate of drug-likeness (QED) is 0.728. The van der Waals surface area contributed by atoms with Crippen LogP contribution in [0, 0.1) is 11.8 Å². The molecule has 0 radical (unpaired) electrons. The van der Waals surface area contributed by atoms with Gasteiger partial charge in [0, 0.05) is 25.7 Å². The molecule has 0 aromatic carbocycles. The first kappa shape index (κ1) is 19.3. The number of carbonyl (C=O) groups excluding carboxylic acids is 3. The molecule has 2 saturated heterocycles. The Balaban J connectivity index is 1.48. The Morgan fingerprint density at radius 1 is 1.12 bits per heavy atom. The molecule has 7 heteroatoms. The molecule has 0 bridgehead atoms. The van der Waals surface area contributed by atoms with Crippen LogP contribution in [0.1, 0.15) is 46.5 Å². The Morgan fingerprint density at radius 2 is 1.65 bits per heavy atom. The largest absolute Gasteiger partial charge is 0.373 e. The first-order valence-electron chi connectivity index (χ1n) is 9.88. The summed E-state index contributed by atoms with van der Waals surface area (Å²) in [4.78, 5) is 40.7. The van der Waals surface area contributed by atoms with Crippen molar-refractivity contribution in [2.75, 3.05) is 26.2 Å². The van der Waals surface area contributed by atoms with Crippen LogP contribution < -0.4 is 5.32 Å². The molecule has 2 heterocycles. The van der Waals surface area contributed by atoms with Crippen LogP contribution in [-0.4, -0.2) is 72.0 Å². The van der Waals surface area contributed by atoms with Gasteiger partial charge in [-0.3, -0.25) is 24.2 Å². The third-order valence-corrected chi connectivity index (χ3v) is 5.90. The van der Waals surface area contributed by atoms with Crippen molar-refractivity contribution >= 4 is 17.7 Å². The Morgan fingerprint density at radius 3 is 2.19 bits per heavy atom. The molecular weight excluding hydrogens is 334 g/mol. The molecule has 1 N–H and O–H groups in total. The minimum absolute atomic E-state index is 0.146. The van der Waals surface area contributed by atoms with Crippen LogP contribution in [0.3, 0.4) is 0 Å². The fraction of sp³-hybridized carbons (Fsp3) is 0.842. The zero-order chi connectivity index (χ0) is 18.8. The number of imide groups is 1. The van der Waals surface area contributed by atoms with Crippen LogP contribution in [0.4, 0.5) is 0 Å². The molecule has 3 rings (SSSR count). The summed E-state index contributed by atoms with van der Waals surface area (Å²) in [5.41, 5.74) is 0. The van der Waals surface area contributed by atoms with Gasteiger partial charge < -0.3 is 10.1 Å². The highest BCUT2D eigenvalue weighted by Crippen LogP contribution is 2.37. The minimum Gasteiger partial charge on any atom is -0.373 e. The number of amides is 3. The third kappa shape index (κ3) is 4.09. The van der Waals surface area contributed by atoms with E-state index in [1.807, 2.05) is 0 Å². The lowest BCUT2D eigenvalue weighted by Crippen LogP contribution is -2.53. The van der Waals surface area contributed by atoms with E-state index in [9.17, 15) is 14.4 Å². The summed E-state index contributed by atoms with van der Waals surface area (Å²) in [6, 6.07) is 0.181. The van der Waals surface area contributed by atoms with Crippen molar-refractivity contribution in [1.29, 1.82) is 0 Å². The zero-order valence-electron chi connectivity index (χ0n) is 16.1. The van der Waals surface area contributed by atoms with Crippen molar-refractivity contribution in [3.8, 4) is 0 Å². The van der Waals surface area contributed by atoms with Gasteiger partial charge in [0.15, 0.2) is 0 Å². The molecule has 2 aliphatic heterocycles. The molecule has 5 atom stereocenters. The summed E-state index contributed by atoms with van der Waals surface area (Å²) in [7, 11) is 0. The molecule has 3 amide bonds. The van der Waals surface area contributed by atoms with Gasteiger partial charge in [-0.05, 0) is 33.6 Å². The van der Waals surface area contributed by atoms with Crippen LogP contribution in [0.2, 0.25) is 0 Å². The third-order valence-electron chi connectivity index (χ3n) is 5.90. The van der Waals surface area contributed by atoms with E-state index >= 15 is 0 Å². The Bertz CT molecular complexity index is 533. The van der Waals surface area contributed by atoms with Gasteiger partial charge in [-0.15, -0.1) is 0 Å². The van der Waals surface area contributed by atoms with Crippen LogP contribution in [0.15, 0.2) is 0 Å². The molecule has 7 nitrogen and oxygen atoms in total. The fourth-order valence-electron chi connectivity index (χ4n) is 4.55. The SMILES string of the molecule is C[C@@H]1CN([C@H](C)CNC(=O)CN2C(=O)[C@H]3CCCC[C@H]3C2=O)C[C@@H](C)O1. The smallest absolute Gasteiger partial charge is 0.240 e. The van der Waals surface area contributed by atoms with Crippen molar-refractivity contribution in [1.82, 2.24) is 15.1 Å². The molecule has 1 aliphatic carbocycles. The lowest BCUT2D eigenvalue weighted by Gasteiger charge is -2.39. The summed E-state index contributed by atoms with van der Waals surface area (Å²) >= 11 is 0. The number of ether oxygens (including phenoxy) is 1. The Labute approximate surface area is 155 Å². The second kappa shape index (κ2) is 8.05. The number of fused-ring (bicyclic) bond motifs is 1. The summed E-state index contributed by atoms with van der Waals surface area (Å²) in [6.07, 6.45) is 3.90. The van der Waals surface area contributed by atoms with Crippen LogP contribution in [0.5, 0.6) is 0 Å². The van der Waals surface area contributed by atoms with Gasteiger partial charge in [0.25, 0.3) is 0 Å². The average molecular weight is 365 g/mol. The number of morpholine rings is 1. The van der Waals surface area contributed by atoms with Gasteiger partial charge in [-0.1, -0.05) is 12.8 Å². The monoisotopic (exact) mass is 365 g/mol. The summed E-state index contributed by atoms with van der Waals surface area (Å²) in [6.45, 7) is 8.22. The second-order valence-electron chi connectivity index (χ2n) is 8.12. The van der Waals surface area contributed by atoms with Crippen molar-refractivity contribution in [3.63, 3.8) is 0 Å². The number of hydrogen-bond acceptors (Lipinski definition) is 5. The summed E-state index contributed by atoms with van der Waals surface area (Å²) < 4.78 is 5.74. The number of likely N-dealkylation sites (tertiary alicyclic amines) is 1. The molecule has 0 aromatic rings. The number of rotatable bonds is 5.